The summed E-state index contributed by atoms with van der Waals surface area (Å²) in [7, 11) is 2.01. The first-order chi connectivity index (χ1) is 6.86. The highest BCUT2D eigenvalue weighted by Gasteiger charge is 1.93. The van der Waals surface area contributed by atoms with Crippen molar-refractivity contribution < 1.29 is 0 Å². The quantitative estimate of drug-likeness (QED) is 0.571. The van der Waals surface area contributed by atoms with Crippen LogP contribution in [0.3, 0.4) is 0 Å². The third-order valence-corrected chi connectivity index (χ3v) is 3.04. The highest BCUT2D eigenvalue weighted by molar-refractivity contribution is 7.98. The number of unbranched alkanes of at least 4 members (excludes halogenated alkanes) is 1. The molecule has 0 unspecified atom stereocenters. The first kappa shape index (κ1) is 11.6. The number of rotatable bonds is 6. The maximum Gasteiger partial charge on any atom is 0.00693 e. The van der Waals surface area contributed by atoms with Crippen molar-refractivity contribution in [3.8, 4) is 0 Å². The molecule has 1 aromatic rings. The maximum absolute atomic E-state index is 3.17. The van der Waals surface area contributed by atoms with Gasteiger partial charge in [-0.15, -0.1) is 11.8 Å². The van der Waals surface area contributed by atoms with Gasteiger partial charge in [-0.1, -0.05) is 12.1 Å². The van der Waals surface area contributed by atoms with E-state index in [1.807, 2.05) is 7.05 Å². The SMILES string of the molecule is CNCCCCc1ccc(SC)cc1. The van der Waals surface area contributed by atoms with Crippen LogP contribution in [-0.4, -0.2) is 19.8 Å². The molecule has 0 amide bonds. The van der Waals surface area contributed by atoms with Gasteiger partial charge in [-0.25, -0.2) is 0 Å². The van der Waals surface area contributed by atoms with Gasteiger partial charge in [-0.05, 0) is 56.8 Å². The molecule has 78 valence electrons. The number of hydrogen-bond acceptors (Lipinski definition) is 2. The molecule has 0 aliphatic rings. The summed E-state index contributed by atoms with van der Waals surface area (Å²) in [6.45, 7) is 1.13. The van der Waals surface area contributed by atoms with Crippen LogP contribution in [0.25, 0.3) is 0 Å². The molecule has 0 aliphatic carbocycles. The number of thioether (sulfide) groups is 1. The Morgan fingerprint density at radius 2 is 1.86 bits per heavy atom. The normalized spacial score (nSPS) is 10.4. The molecule has 0 saturated heterocycles. The summed E-state index contributed by atoms with van der Waals surface area (Å²) >= 11 is 1.80. The van der Waals surface area contributed by atoms with Gasteiger partial charge in [-0.2, -0.15) is 0 Å². The maximum atomic E-state index is 3.17. The molecule has 0 saturated carbocycles. The van der Waals surface area contributed by atoms with Crippen LogP contribution >= 0.6 is 11.8 Å². The number of benzene rings is 1. The highest BCUT2D eigenvalue weighted by atomic mass is 32.2. The Kier molecular flexibility index (Phi) is 5.72. The molecule has 0 fully saturated rings. The fourth-order valence-corrected chi connectivity index (χ4v) is 1.83. The summed E-state index contributed by atoms with van der Waals surface area (Å²) in [5, 5.41) is 3.17. The molecule has 0 heterocycles. The third kappa shape index (κ3) is 4.16. The van der Waals surface area contributed by atoms with Crippen LogP contribution in [0.4, 0.5) is 0 Å². The van der Waals surface area contributed by atoms with Crippen LogP contribution in [0.15, 0.2) is 29.2 Å². The van der Waals surface area contributed by atoms with Crippen molar-refractivity contribution in [3.05, 3.63) is 29.8 Å². The molecule has 1 rings (SSSR count). The Morgan fingerprint density at radius 3 is 2.43 bits per heavy atom. The summed E-state index contributed by atoms with van der Waals surface area (Å²) in [5.41, 5.74) is 1.46. The van der Waals surface area contributed by atoms with E-state index in [9.17, 15) is 0 Å². The standard InChI is InChI=1S/C12H19NS/c1-13-10-4-3-5-11-6-8-12(14-2)9-7-11/h6-9,13H,3-5,10H2,1-2H3. The molecule has 0 radical (unpaired) electrons. The van der Waals surface area contributed by atoms with Gasteiger partial charge in [0.05, 0.1) is 0 Å². The fourth-order valence-electron chi connectivity index (χ4n) is 1.42. The predicted molar refractivity (Wildman–Crippen MR) is 65.1 cm³/mol. The minimum absolute atomic E-state index is 1.13. The molecule has 0 aromatic heterocycles. The average Bonchev–Trinajstić information content (AvgIpc) is 2.25. The van der Waals surface area contributed by atoms with Crippen LogP contribution in [-0.2, 0) is 6.42 Å². The van der Waals surface area contributed by atoms with Crippen molar-refractivity contribution in [2.24, 2.45) is 0 Å². The molecule has 1 nitrogen and oxygen atoms in total. The van der Waals surface area contributed by atoms with Gasteiger partial charge >= 0.3 is 0 Å². The molecule has 0 spiro atoms. The van der Waals surface area contributed by atoms with E-state index in [1.165, 1.54) is 29.7 Å². The van der Waals surface area contributed by atoms with Crippen molar-refractivity contribution in [2.45, 2.75) is 24.2 Å². The lowest BCUT2D eigenvalue weighted by molar-refractivity contribution is 0.677. The zero-order valence-electron chi connectivity index (χ0n) is 9.05. The Morgan fingerprint density at radius 1 is 1.14 bits per heavy atom. The van der Waals surface area contributed by atoms with E-state index in [0.29, 0.717) is 0 Å². The smallest absolute Gasteiger partial charge is 0.00693 e. The van der Waals surface area contributed by atoms with E-state index in [1.54, 1.807) is 11.8 Å². The molecule has 2 heteroatoms. The molecular formula is C12H19NS. The first-order valence-corrected chi connectivity index (χ1v) is 6.37. The number of aryl methyl sites for hydroxylation is 1. The van der Waals surface area contributed by atoms with Gasteiger partial charge < -0.3 is 5.32 Å². The van der Waals surface area contributed by atoms with E-state index < -0.39 is 0 Å². The van der Waals surface area contributed by atoms with Crippen LogP contribution in [0.1, 0.15) is 18.4 Å². The second-order valence-corrected chi connectivity index (χ2v) is 4.29. The molecule has 0 atom stereocenters. The van der Waals surface area contributed by atoms with Crippen molar-refractivity contribution in [1.29, 1.82) is 0 Å². The highest BCUT2D eigenvalue weighted by Crippen LogP contribution is 2.15. The van der Waals surface area contributed by atoms with Gasteiger partial charge in [0, 0.05) is 4.90 Å². The van der Waals surface area contributed by atoms with E-state index in [2.05, 4.69) is 35.8 Å². The lowest BCUT2D eigenvalue weighted by Crippen LogP contribution is -2.07. The Hall–Kier alpha value is -0.470. The van der Waals surface area contributed by atoms with Crippen molar-refractivity contribution in [3.63, 3.8) is 0 Å². The van der Waals surface area contributed by atoms with Crippen molar-refractivity contribution in [2.75, 3.05) is 19.8 Å². The van der Waals surface area contributed by atoms with E-state index in [-0.39, 0.29) is 0 Å². The Labute approximate surface area is 91.3 Å². The zero-order valence-corrected chi connectivity index (χ0v) is 9.86. The van der Waals surface area contributed by atoms with Gasteiger partial charge in [-0.3, -0.25) is 0 Å². The summed E-state index contributed by atoms with van der Waals surface area (Å²) in [4.78, 5) is 1.35. The Balaban J connectivity index is 2.29. The van der Waals surface area contributed by atoms with Gasteiger partial charge in [0.15, 0.2) is 0 Å². The molecule has 1 aromatic carbocycles. The van der Waals surface area contributed by atoms with Gasteiger partial charge in [0.2, 0.25) is 0 Å². The van der Waals surface area contributed by atoms with Crippen molar-refractivity contribution >= 4 is 11.8 Å². The summed E-state index contributed by atoms with van der Waals surface area (Å²) in [6, 6.07) is 8.90. The minimum Gasteiger partial charge on any atom is -0.320 e. The number of nitrogens with one attached hydrogen (secondary N) is 1. The van der Waals surface area contributed by atoms with E-state index in [4.69, 9.17) is 0 Å². The van der Waals surface area contributed by atoms with E-state index >= 15 is 0 Å². The predicted octanol–water partition coefficient (Wildman–Crippen LogP) is 2.95. The second-order valence-electron chi connectivity index (χ2n) is 3.41. The van der Waals surface area contributed by atoms with E-state index in [0.717, 1.165) is 6.54 Å². The van der Waals surface area contributed by atoms with Crippen LogP contribution in [0, 0.1) is 0 Å². The summed E-state index contributed by atoms with van der Waals surface area (Å²) in [5.74, 6) is 0. The van der Waals surface area contributed by atoms with Gasteiger partial charge in [0.25, 0.3) is 0 Å². The monoisotopic (exact) mass is 209 g/mol. The molecule has 1 N–H and O–H groups in total. The first-order valence-electron chi connectivity index (χ1n) is 5.14. The fraction of sp³-hybridized carbons (Fsp3) is 0.500. The van der Waals surface area contributed by atoms with Crippen LogP contribution in [0.2, 0.25) is 0 Å². The summed E-state index contributed by atoms with van der Waals surface area (Å²) in [6.07, 6.45) is 5.86. The van der Waals surface area contributed by atoms with Crippen LogP contribution in [0.5, 0.6) is 0 Å². The lowest BCUT2D eigenvalue weighted by Gasteiger charge is -2.02. The molecule has 0 aliphatic heterocycles. The topological polar surface area (TPSA) is 12.0 Å². The lowest BCUT2D eigenvalue weighted by atomic mass is 10.1. The molecule has 14 heavy (non-hydrogen) atoms. The van der Waals surface area contributed by atoms with Crippen LogP contribution < -0.4 is 5.32 Å². The minimum atomic E-state index is 1.13. The van der Waals surface area contributed by atoms with Crippen molar-refractivity contribution in [1.82, 2.24) is 5.32 Å². The zero-order chi connectivity index (χ0) is 10.2. The largest absolute Gasteiger partial charge is 0.320 e. The molecule has 0 bridgehead atoms. The third-order valence-electron chi connectivity index (χ3n) is 2.30. The second kappa shape index (κ2) is 6.91. The Bertz CT molecular complexity index is 243. The summed E-state index contributed by atoms with van der Waals surface area (Å²) < 4.78 is 0. The van der Waals surface area contributed by atoms with Gasteiger partial charge in [0.1, 0.15) is 0 Å². The average molecular weight is 209 g/mol. The number of hydrogen-bond donors (Lipinski definition) is 1. The molecular weight excluding hydrogens is 190 g/mol.